The van der Waals surface area contributed by atoms with Gasteiger partial charge in [-0.05, 0) is 31.0 Å². The maximum atomic E-state index is 13.4. The summed E-state index contributed by atoms with van der Waals surface area (Å²) in [4.78, 5) is 43.5. The lowest BCUT2D eigenvalue weighted by Crippen LogP contribution is -2.57. The summed E-state index contributed by atoms with van der Waals surface area (Å²) in [6.45, 7) is -0.740. The van der Waals surface area contributed by atoms with E-state index in [-0.39, 0.29) is 30.2 Å². The summed E-state index contributed by atoms with van der Waals surface area (Å²) in [5, 5.41) is 14.1. The van der Waals surface area contributed by atoms with Crippen LogP contribution in [0.3, 0.4) is 0 Å². The van der Waals surface area contributed by atoms with Gasteiger partial charge < -0.3 is 20.5 Å². The Morgan fingerprint density at radius 3 is 2.63 bits per heavy atom. The second-order valence-electron chi connectivity index (χ2n) is 7.41. The summed E-state index contributed by atoms with van der Waals surface area (Å²) in [5.74, 6) is -4.05. The molecule has 10 nitrogen and oxygen atoms in total. The van der Waals surface area contributed by atoms with Crippen molar-refractivity contribution < 1.29 is 41.8 Å². The Hall–Kier alpha value is -3.68. The van der Waals surface area contributed by atoms with Gasteiger partial charge in [0.1, 0.15) is 23.4 Å². The molecule has 1 unspecified atom stereocenters. The van der Waals surface area contributed by atoms with Crippen LogP contribution in [0, 0.1) is 5.82 Å². The molecule has 3 amide bonds. The van der Waals surface area contributed by atoms with E-state index in [2.05, 4.69) is 20.6 Å². The molecule has 2 atom stereocenters. The molecule has 1 fully saturated rings. The van der Waals surface area contributed by atoms with Crippen LogP contribution in [0.25, 0.3) is 0 Å². The Labute approximate surface area is 200 Å². The predicted octanol–water partition coefficient (Wildman–Crippen LogP) is 2.93. The van der Waals surface area contributed by atoms with E-state index in [0.29, 0.717) is 0 Å². The van der Waals surface area contributed by atoms with Crippen LogP contribution in [0.1, 0.15) is 18.7 Å². The number of carbonyl (C=O) groups is 3. The van der Waals surface area contributed by atoms with Gasteiger partial charge in [0, 0.05) is 24.8 Å². The highest BCUT2D eigenvalue weighted by molar-refractivity contribution is 6.30. The van der Waals surface area contributed by atoms with Gasteiger partial charge in [-0.3, -0.25) is 14.5 Å². The van der Waals surface area contributed by atoms with Crippen molar-refractivity contribution in [3.8, 4) is 5.75 Å². The smallest absolute Gasteiger partial charge is 0.451 e. The SMILES string of the molecule is O=C(COc1ccc(Cl)c(F)c1)NC1CC[C@H](C(=O)Nc2ccnc(C(F)(F)F)n2)N(C(=O)O)C1. The maximum Gasteiger partial charge on any atom is 0.451 e. The third kappa shape index (κ3) is 6.91. The van der Waals surface area contributed by atoms with Gasteiger partial charge in [-0.25, -0.2) is 19.2 Å². The lowest BCUT2D eigenvalue weighted by atomic mass is 9.98. The van der Waals surface area contributed by atoms with Crippen LogP contribution in [0.15, 0.2) is 30.5 Å². The van der Waals surface area contributed by atoms with Gasteiger partial charge in [0.25, 0.3) is 5.91 Å². The Balaban J connectivity index is 1.57. The number of likely N-dealkylation sites (tertiary alicyclic amines) is 1. The number of carboxylic acid groups (broad SMARTS) is 1. The lowest BCUT2D eigenvalue weighted by molar-refractivity contribution is -0.145. The average Bonchev–Trinajstić information content (AvgIpc) is 2.79. The third-order valence-electron chi connectivity index (χ3n) is 4.92. The number of carbonyl (C=O) groups excluding carboxylic acids is 2. The van der Waals surface area contributed by atoms with E-state index in [1.807, 2.05) is 0 Å². The normalized spacial score (nSPS) is 18.0. The zero-order valence-electron chi connectivity index (χ0n) is 17.7. The van der Waals surface area contributed by atoms with E-state index < -0.39 is 60.2 Å². The van der Waals surface area contributed by atoms with E-state index in [0.717, 1.165) is 23.2 Å². The first-order valence-corrected chi connectivity index (χ1v) is 10.4. The highest BCUT2D eigenvalue weighted by Crippen LogP contribution is 2.27. The molecule has 2 heterocycles. The Bertz CT molecular complexity index is 1120. The van der Waals surface area contributed by atoms with E-state index in [1.54, 1.807) is 0 Å². The van der Waals surface area contributed by atoms with Crippen LogP contribution < -0.4 is 15.4 Å². The van der Waals surface area contributed by atoms with Crippen molar-refractivity contribution >= 4 is 35.3 Å². The fraction of sp³-hybridized carbons (Fsp3) is 0.350. The van der Waals surface area contributed by atoms with Crippen molar-refractivity contribution in [1.82, 2.24) is 20.2 Å². The molecule has 0 spiro atoms. The number of nitrogens with one attached hydrogen (secondary N) is 2. The topological polar surface area (TPSA) is 134 Å². The zero-order valence-corrected chi connectivity index (χ0v) is 18.4. The van der Waals surface area contributed by atoms with Crippen molar-refractivity contribution in [3.05, 3.63) is 47.1 Å². The Morgan fingerprint density at radius 1 is 1.23 bits per heavy atom. The highest BCUT2D eigenvalue weighted by atomic mass is 35.5. The molecule has 0 radical (unpaired) electrons. The summed E-state index contributed by atoms with van der Waals surface area (Å²) < 4.78 is 56.9. The molecular weight excluding hydrogens is 502 g/mol. The standard InChI is InChI=1S/C20H18ClF4N5O5/c21-12-3-2-11(7-13(12)22)35-9-16(31)27-10-1-4-14(30(8-10)19(33)34)17(32)28-15-5-6-26-18(29-15)20(23,24)25/h2-3,5-7,10,14H,1,4,8-9H2,(H,27,31)(H,33,34)(H,26,28,29,32)/t10?,14-/m1/s1. The number of amides is 3. The minimum Gasteiger partial charge on any atom is -0.484 e. The Morgan fingerprint density at radius 2 is 1.97 bits per heavy atom. The molecule has 0 aliphatic carbocycles. The van der Waals surface area contributed by atoms with Gasteiger partial charge >= 0.3 is 12.3 Å². The zero-order chi connectivity index (χ0) is 25.8. The van der Waals surface area contributed by atoms with E-state index in [4.69, 9.17) is 16.3 Å². The summed E-state index contributed by atoms with van der Waals surface area (Å²) in [6.07, 6.45) is -5.30. The van der Waals surface area contributed by atoms with Crippen LogP contribution in [0.2, 0.25) is 5.02 Å². The van der Waals surface area contributed by atoms with Crippen LogP contribution in [-0.2, 0) is 15.8 Å². The highest BCUT2D eigenvalue weighted by Gasteiger charge is 2.38. The van der Waals surface area contributed by atoms with Crippen LogP contribution in [0.5, 0.6) is 5.75 Å². The van der Waals surface area contributed by atoms with Crippen molar-refractivity contribution in [2.45, 2.75) is 31.1 Å². The third-order valence-corrected chi connectivity index (χ3v) is 5.22. The molecule has 188 valence electrons. The van der Waals surface area contributed by atoms with E-state index >= 15 is 0 Å². The second kappa shape index (κ2) is 10.7. The molecule has 2 aromatic rings. The van der Waals surface area contributed by atoms with Gasteiger partial charge in [-0.15, -0.1) is 0 Å². The molecule has 1 saturated heterocycles. The van der Waals surface area contributed by atoms with E-state index in [9.17, 15) is 37.1 Å². The summed E-state index contributed by atoms with van der Waals surface area (Å²) in [7, 11) is 0. The number of hydrogen-bond donors (Lipinski definition) is 3. The van der Waals surface area contributed by atoms with Crippen molar-refractivity contribution in [2.24, 2.45) is 0 Å². The minimum atomic E-state index is -4.82. The number of anilines is 1. The van der Waals surface area contributed by atoms with Gasteiger partial charge in [-0.1, -0.05) is 11.6 Å². The molecular formula is C20H18ClF4N5O5. The number of piperidine rings is 1. The van der Waals surface area contributed by atoms with E-state index in [1.165, 1.54) is 12.1 Å². The predicted molar refractivity (Wildman–Crippen MR) is 112 cm³/mol. The molecule has 1 aliphatic rings. The molecule has 3 N–H and O–H groups in total. The number of halogens is 5. The number of aromatic nitrogens is 2. The summed E-state index contributed by atoms with van der Waals surface area (Å²) in [5.41, 5.74) is 0. The van der Waals surface area contributed by atoms with Crippen molar-refractivity contribution in [2.75, 3.05) is 18.5 Å². The average molecular weight is 520 g/mol. The van der Waals surface area contributed by atoms with Crippen LogP contribution in [-0.4, -0.2) is 63.1 Å². The van der Waals surface area contributed by atoms with Gasteiger partial charge in [0.15, 0.2) is 6.61 Å². The first-order chi connectivity index (χ1) is 16.4. The maximum absolute atomic E-state index is 13.4. The molecule has 1 aromatic heterocycles. The van der Waals surface area contributed by atoms with Gasteiger partial charge in [-0.2, -0.15) is 13.2 Å². The molecule has 35 heavy (non-hydrogen) atoms. The molecule has 0 bridgehead atoms. The fourth-order valence-corrected chi connectivity index (χ4v) is 3.45. The van der Waals surface area contributed by atoms with Crippen molar-refractivity contribution in [1.29, 1.82) is 0 Å². The number of alkyl halides is 3. The van der Waals surface area contributed by atoms with Gasteiger partial charge in [0.05, 0.1) is 5.02 Å². The number of ether oxygens (including phenoxy) is 1. The summed E-state index contributed by atoms with van der Waals surface area (Å²) >= 11 is 5.57. The van der Waals surface area contributed by atoms with Gasteiger partial charge in [0.2, 0.25) is 11.7 Å². The molecule has 3 rings (SSSR count). The van der Waals surface area contributed by atoms with Crippen LogP contribution in [0.4, 0.5) is 28.2 Å². The minimum absolute atomic E-state index is 0.0243. The molecule has 1 aromatic carbocycles. The first-order valence-electron chi connectivity index (χ1n) is 10.0. The lowest BCUT2D eigenvalue weighted by Gasteiger charge is -2.37. The molecule has 0 saturated carbocycles. The number of nitrogens with zero attached hydrogens (tertiary/aromatic N) is 3. The monoisotopic (exact) mass is 519 g/mol. The molecule has 1 aliphatic heterocycles. The Kier molecular flexibility index (Phi) is 7.94. The second-order valence-corrected chi connectivity index (χ2v) is 7.82. The number of benzene rings is 1. The fourth-order valence-electron chi connectivity index (χ4n) is 3.33. The largest absolute Gasteiger partial charge is 0.484 e. The van der Waals surface area contributed by atoms with Crippen LogP contribution >= 0.6 is 11.6 Å². The first kappa shape index (κ1) is 25.9. The number of rotatable bonds is 6. The number of hydrogen-bond acceptors (Lipinski definition) is 6. The van der Waals surface area contributed by atoms with Crippen molar-refractivity contribution in [3.63, 3.8) is 0 Å². The summed E-state index contributed by atoms with van der Waals surface area (Å²) in [6, 6.07) is 2.77. The molecule has 15 heteroatoms. The quantitative estimate of drug-likeness (QED) is 0.500.